The first-order chi connectivity index (χ1) is 14.8. The smallest absolute Gasteiger partial charge is 0.223 e. The van der Waals surface area contributed by atoms with Gasteiger partial charge >= 0.3 is 0 Å². The van der Waals surface area contributed by atoms with Gasteiger partial charge in [0, 0.05) is 17.8 Å². The Balaban J connectivity index is 0.000000757. The summed E-state index contributed by atoms with van der Waals surface area (Å²) in [4.78, 5) is 12.1. The average Bonchev–Trinajstić information content (AvgIpc) is 2.82. The molecule has 3 nitrogen and oxygen atoms in total. The van der Waals surface area contributed by atoms with Crippen LogP contribution in [-0.4, -0.2) is 12.5 Å². The first-order valence-electron chi connectivity index (χ1n) is 11.3. The van der Waals surface area contributed by atoms with Gasteiger partial charge in [-0.15, -0.1) is 0 Å². The molecule has 1 atom stereocenters. The Morgan fingerprint density at radius 1 is 0.900 bits per heavy atom. The molecule has 1 aliphatic heterocycles. The molecule has 1 amide bonds. The van der Waals surface area contributed by atoms with Crippen LogP contribution in [0.4, 0.5) is 0 Å². The largest absolute Gasteiger partial charge is 0.488 e. The lowest BCUT2D eigenvalue weighted by Gasteiger charge is -2.22. The van der Waals surface area contributed by atoms with Crippen LogP contribution >= 0.6 is 0 Å². The maximum absolute atomic E-state index is 12.1. The molecule has 3 aromatic rings. The molecule has 0 saturated carbocycles. The van der Waals surface area contributed by atoms with Crippen molar-refractivity contribution in [3.05, 3.63) is 77.9 Å². The number of carbonyl (C=O) groups excluding carboxylic acids is 1. The molecule has 0 bridgehead atoms. The van der Waals surface area contributed by atoms with E-state index in [1.54, 1.807) is 0 Å². The molecule has 1 unspecified atom stereocenters. The highest BCUT2D eigenvalue weighted by Gasteiger charge is 2.22. The third kappa shape index (κ3) is 6.35. The lowest BCUT2D eigenvalue weighted by molar-refractivity contribution is -0.126. The summed E-state index contributed by atoms with van der Waals surface area (Å²) < 4.78 is 6.09. The molecule has 0 aliphatic carbocycles. The first kappa shape index (κ1) is 23.5. The third-order valence-corrected chi connectivity index (χ3v) is 5.03. The van der Waals surface area contributed by atoms with Crippen molar-refractivity contribution >= 4 is 16.7 Å². The van der Waals surface area contributed by atoms with Crippen LogP contribution in [0.2, 0.25) is 0 Å². The fourth-order valence-corrected chi connectivity index (χ4v) is 3.59. The van der Waals surface area contributed by atoms with E-state index in [0.29, 0.717) is 6.61 Å². The maximum Gasteiger partial charge on any atom is 0.223 e. The highest BCUT2D eigenvalue weighted by molar-refractivity contribution is 5.89. The normalized spacial score (nSPS) is 15.2. The van der Waals surface area contributed by atoms with Crippen molar-refractivity contribution in [2.24, 2.45) is 5.92 Å². The zero-order chi connectivity index (χ0) is 21.8. The predicted octanol–water partition coefficient (Wildman–Crippen LogP) is 6.54. The molecule has 0 radical (unpaired) electrons. The van der Waals surface area contributed by atoms with Gasteiger partial charge in [-0.1, -0.05) is 82.3 Å². The summed E-state index contributed by atoms with van der Waals surface area (Å²) in [5.41, 5.74) is 2.34. The number of ether oxygens (including phenoxy) is 1. The quantitative estimate of drug-likeness (QED) is 0.523. The van der Waals surface area contributed by atoms with Gasteiger partial charge in [0.15, 0.2) is 0 Å². The minimum Gasteiger partial charge on any atom is -0.488 e. The van der Waals surface area contributed by atoms with Crippen molar-refractivity contribution in [2.75, 3.05) is 6.54 Å². The van der Waals surface area contributed by atoms with Crippen LogP contribution in [0, 0.1) is 5.92 Å². The number of carbonyl (C=O) groups is 1. The number of fused-ring (bicyclic) bond motifs is 1. The molecule has 1 saturated heterocycles. The van der Waals surface area contributed by atoms with Crippen LogP contribution in [0.15, 0.2) is 66.7 Å². The molecule has 1 heterocycles. The second-order valence-electron chi connectivity index (χ2n) is 6.92. The molecule has 4 rings (SSSR count). The standard InChI is InChI=1S/C23H23NO2.2C2H6/c25-23-20(9-5-13-24-23)14-18-11-12-19-8-4-10-22(21(19)15-18)26-16-17-6-2-1-3-7-17;2*1-2/h1-4,6-8,10-12,15,20H,5,9,13-14,16H2,(H,24,25);2*1-2H3. The lowest BCUT2D eigenvalue weighted by atomic mass is 9.90. The molecular formula is C27H35NO2. The topological polar surface area (TPSA) is 38.3 Å². The Hall–Kier alpha value is -2.81. The molecule has 1 aliphatic rings. The van der Waals surface area contributed by atoms with Crippen molar-refractivity contribution in [3.63, 3.8) is 0 Å². The molecule has 160 valence electrons. The monoisotopic (exact) mass is 405 g/mol. The van der Waals surface area contributed by atoms with Crippen molar-refractivity contribution in [1.82, 2.24) is 5.32 Å². The Morgan fingerprint density at radius 3 is 2.40 bits per heavy atom. The number of benzene rings is 3. The number of hydrogen-bond acceptors (Lipinski definition) is 2. The van der Waals surface area contributed by atoms with Gasteiger partial charge in [0.1, 0.15) is 12.4 Å². The summed E-state index contributed by atoms with van der Waals surface area (Å²) in [5, 5.41) is 5.24. The van der Waals surface area contributed by atoms with Crippen molar-refractivity contribution in [3.8, 4) is 5.75 Å². The molecule has 3 heteroatoms. The van der Waals surface area contributed by atoms with Gasteiger partial charge in [-0.2, -0.15) is 0 Å². The van der Waals surface area contributed by atoms with E-state index in [1.807, 2.05) is 58.0 Å². The number of amides is 1. The van der Waals surface area contributed by atoms with Crippen LogP contribution in [0.5, 0.6) is 5.75 Å². The second kappa shape index (κ2) is 12.7. The fourth-order valence-electron chi connectivity index (χ4n) is 3.59. The third-order valence-electron chi connectivity index (χ3n) is 5.03. The average molecular weight is 406 g/mol. The Kier molecular flexibility index (Phi) is 9.93. The number of hydrogen-bond donors (Lipinski definition) is 1. The SMILES string of the molecule is CC.CC.O=C1NCCCC1Cc1ccc2cccc(OCc3ccccc3)c2c1. The Labute approximate surface area is 181 Å². The van der Waals surface area contributed by atoms with Crippen LogP contribution < -0.4 is 10.1 Å². The van der Waals surface area contributed by atoms with Gasteiger partial charge < -0.3 is 10.1 Å². The van der Waals surface area contributed by atoms with E-state index < -0.39 is 0 Å². The van der Waals surface area contributed by atoms with Crippen molar-refractivity contribution in [1.29, 1.82) is 0 Å². The van der Waals surface area contributed by atoms with Gasteiger partial charge in [0.05, 0.1) is 0 Å². The molecule has 0 spiro atoms. The molecule has 0 aromatic heterocycles. The van der Waals surface area contributed by atoms with Gasteiger partial charge in [-0.25, -0.2) is 0 Å². The molecule has 30 heavy (non-hydrogen) atoms. The van der Waals surface area contributed by atoms with E-state index in [9.17, 15) is 4.79 Å². The van der Waals surface area contributed by atoms with Gasteiger partial charge in [0.2, 0.25) is 5.91 Å². The molecule has 1 N–H and O–H groups in total. The second-order valence-corrected chi connectivity index (χ2v) is 6.92. The van der Waals surface area contributed by atoms with Gasteiger partial charge in [0.25, 0.3) is 0 Å². The van der Waals surface area contributed by atoms with E-state index >= 15 is 0 Å². The van der Waals surface area contributed by atoms with E-state index in [0.717, 1.165) is 47.9 Å². The predicted molar refractivity (Wildman–Crippen MR) is 127 cm³/mol. The van der Waals surface area contributed by atoms with E-state index in [1.165, 1.54) is 5.56 Å². The molecule has 1 fully saturated rings. The highest BCUT2D eigenvalue weighted by Crippen LogP contribution is 2.29. The van der Waals surface area contributed by atoms with E-state index in [2.05, 4.69) is 41.7 Å². The maximum atomic E-state index is 12.1. The number of rotatable bonds is 5. The highest BCUT2D eigenvalue weighted by atomic mass is 16.5. The summed E-state index contributed by atoms with van der Waals surface area (Å²) in [6.07, 6.45) is 2.82. The van der Waals surface area contributed by atoms with Gasteiger partial charge in [-0.3, -0.25) is 4.79 Å². The van der Waals surface area contributed by atoms with Crippen LogP contribution in [0.25, 0.3) is 10.8 Å². The molecular weight excluding hydrogens is 370 g/mol. The summed E-state index contributed by atoms with van der Waals surface area (Å²) >= 11 is 0. The Bertz CT molecular complexity index is 905. The lowest BCUT2D eigenvalue weighted by Crippen LogP contribution is -2.37. The van der Waals surface area contributed by atoms with Crippen molar-refractivity contribution in [2.45, 2.75) is 53.6 Å². The number of piperidine rings is 1. The van der Waals surface area contributed by atoms with Crippen LogP contribution in [0.3, 0.4) is 0 Å². The zero-order valence-electron chi connectivity index (χ0n) is 18.8. The summed E-state index contributed by atoms with van der Waals surface area (Å²) in [7, 11) is 0. The zero-order valence-corrected chi connectivity index (χ0v) is 18.8. The molecule has 3 aromatic carbocycles. The summed E-state index contributed by atoms with van der Waals surface area (Å²) in [6.45, 7) is 9.36. The first-order valence-corrected chi connectivity index (χ1v) is 11.3. The minimum atomic E-state index is 0.0820. The summed E-state index contributed by atoms with van der Waals surface area (Å²) in [5.74, 6) is 1.16. The Morgan fingerprint density at radius 2 is 1.67 bits per heavy atom. The fraction of sp³-hybridized carbons (Fsp3) is 0.370. The van der Waals surface area contributed by atoms with Gasteiger partial charge in [-0.05, 0) is 47.9 Å². The number of nitrogens with one attached hydrogen (secondary N) is 1. The van der Waals surface area contributed by atoms with Crippen LogP contribution in [0.1, 0.15) is 51.7 Å². The van der Waals surface area contributed by atoms with Crippen molar-refractivity contribution < 1.29 is 9.53 Å². The minimum absolute atomic E-state index is 0.0820. The van der Waals surface area contributed by atoms with E-state index in [-0.39, 0.29) is 11.8 Å². The van der Waals surface area contributed by atoms with Crippen LogP contribution in [-0.2, 0) is 17.8 Å². The van der Waals surface area contributed by atoms with E-state index in [4.69, 9.17) is 4.74 Å². The summed E-state index contributed by atoms with van der Waals surface area (Å²) in [6, 6.07) is 22.8.